The van der Waals surface area contributed by atoms with E-state index in [0.717, 1.165) is 37.0 Å². The molecule has 9 aliphatic rings. The van der Waals surface area contributed by atoms with Gasteiger partial charge in [-0.25, -0.2) is 8.78 Å². The molecule has 2 bridgehead atoms. The van der Waals surface area contributed by atoms with Crippen molar-refractivity contribution in [2.45, 2.75) is 306 Å². The highest BCUT2D eigenvalue weighted by molar-refractivity contribution is 6.01. The topological polar surface area (TPSA) is 279 Å². The monoisotopic (exact) mass is 1560 g/mol. The van der Waals surface area contributed by atoms with Crippen LogP contribution < -0.4 is 16.0 Å². The van der Waals surface area contributed by atoms with Crippen molar-refractivity contribution in [3.8, 4) is 0 Å². The fraction of sp³-hybridized carbons (Fsp3) is 0.825. The predicted molar refractivity (Wildman–Crippen MR) is 400 cm³/mol. The first-order valence-corrected chi connectivity index (χ1v) is 40.8. The molecule has 110 heavy (non-hydrogen) atoms. The summed E-state index contributed by atoms with van der Waals surface area (Å²) in [5.41, 5.74) is -2.27. The number of nitrogens with one attached hydrogen (secondary N) is 3. The fourth-order valence-corrected chi connectivity index (χ4v) is 18.8. The van der Waals surface area contributed by atoms with Crippen LogP contribution in [0.3, 0.4) is 0 Å². The van der Waals surface area contributed by atoms with E-state index in [0.29, 0.717) is 76.5 Å². The number of rotatable bonds is 14. The van der Waals surface area contributed by atoms with Crippen molar-refractivity contribution in [1.29, 1.82) is 0 Å². The average molecular weight is 1560 g/mol. The molecule has 12 amide bonds. The van der Waals surface area contributed by atoms with Gasteiger partial charge in [-0.05, 0) is 144 Å². The molecule has 9 rings (SSSR count). The van der Waals surface area contributed by atoms with Crippen molar-refractivity contribution in [3.63, 3.8) is 0 Å². The lowest BCUT2D eigenvalue weighted by molar-refractivity contribution is -0.219. The van der Waals surface area contributed by atoms with E-state index in [9.17, 15) is 27.6 Å². The second-order valence-electron chi connectivity index (χ2n) is 35.1. The number of carbonyl (C=O) groups excluding carboxylic acids is 12. The third kappa shape index (κ3) is 20.5. The Hall–Kier alpha value is -7.01. The minimum Gasteiger partial charge on any atom is -0.373 e. The average Bonchev–Trinajstić information content (AvgIpc) is 0.835. The Morgan fingerprint density at radius 1 is 0.645 bits per heavy atom. The first-order chi connectivity index (χ1) is 51.8. The van der Waals surface area contributed by atoms with Gasteiger partial charge in [-0.1, -0.05) is 105 Å². The maximum absolute atomic E-state index is 15.9. The first-order valence-electron chi connectivity index (χ1n) is 40.8. The molecule has 30 heteroatoms. The van der Waals surface area contributed by atoms with E-state index in [-0.39, 0.29) is 76.5 Å². The van der Waals surface area contributed by atoms with Crippen LogP contribution in [0.4, 0.5) is 22.0 Å². The zero-order valence-electron chi connectivity index (χ0n) is 67.3. The van der Waals surface area contributed by atoms with Gasteiger partial charge in [0.05, 0.1) is 25.2 Å². The maximum atomic E-state index is 15.9. The third-order valence-corrected chi connectivity index (χ3v) is 25.8. The van der Waals surface area contributed by atoms with Crippen molar-refractivity contribution in [3.05, 3.63) is 12.2 Å². The summed E-state index contributed by atoms with van der Waals surface area (Å²) in [6.07, 6.45) is 0.0234. The van der Waals surface area contributed by atoms with Crippen LogP contribution in [0.15, 0.2) is 12.2 Å². The molecule has 3 aliphatic heterocycles. The summed E-state index contributed by atoms with van der Waals surface area (Å²) in [5.74, 6) is -12.7. The number of likely N-dealkylation sites (N-methyl/N-ethyl adjacent to an activating group) is 6. The normalized spacial score (nSPS) is 33.4. The molecule has 6 saturated carbocycles. The second kappa shape index (κ2) is 36.9. The lowest BCUT2D eigenvalue weighted by Crippen LogP contribution is -2.71. The predicted octanol–water partition coefficient (Wildman–Crippen LogP) is 7.26. The lowest BCUT2D eigenvalue weighted by Gasteiger charge is -2.54. The van der Waals surface area contributed by atoms with Gasteiger partial charge in [0.2, 0.25) is 70.9 Å². The van der Waals surface area contributed by atoms with Gasteiger partial charge in [-0.3, -0.25) is 57.5 Å². The Labute approximate surface area is 646 Å². The molecule has 0 aromatic carbocycles. The van der Waals surface area contributed by atoms with Crippen LogP contribution >= 0.6 is 0 Å². The van der Waals surface area contributed by atoms with Crippen LogP contribution in [0.25, 0.3) is 0 Å². The van der Waals surface area contributed by atoms with Crippen molar-refractivity contribution in [2.24, 2.45) is 40.9 Å². The van der Waals surface area contributed by atoms with Gasteiger partial charge >= 0.3 is 6.18 Å². The van der Waals surface area contributed by atoms with E-state index in [4.69, 9.17) is 4.74 Å². The van der Waals surface area contributed by atoms with Gasteiger partial charge in [-0.2, -0.15) is 13.2 Å². The second-order valence-corrected chi connectivity index (χ2v) is 35.1. The van der Waals surface area contributed by atoms with Gasteiger partial charge in [0.1, 0.15) is 78.7 Å². The largest absolute Gasteiger partial charge is 0.397 e. The Morgan fingerprint density at radius 2 is 1.29 bits per heavy atom. The smallest absolute Gasteiger partial charge is 0.373 e. The van der Waals surface area contributed by atoms with Crippen LogP contribution in [-0.2, 0) is 62.3 Å². The van der Waals surface area contributed by atoms with Crippen LogP contribution in [0.1, 0.15) is 215 Å². The van der Waals surface area contributed by atoms with Crippen molar-refractivity contribution < 1.29 is 84.2 Å². The first kappa shape index (κ1) is 87.0. The zero-order chi connectivity index (χ0) is 80.8. The highest BCUT2D eigenvalue weighted by Crippen LogP contribution is 2.50. The molecule has 618 valence electrons. The molecular formula is C80H125F5N12O13. The minimum atomic E-state index is -5.18. The number of alkyl halides is 5. The number of hydrogen-bond donors (Lipinski definition) is 3. The van der Waals surface area contributed by atoms with Crippen LogP contribution in [-0.4, -0.2) is 281 Å². The highest BCUT2D eigenvalue weighted by Gasteiger charge is 2.60. The fourth-order valence-electron chi connectivity index (χ4n) is 18.8. The molecule has 0 aromatic rings. The van der Waals surface area contributed by atoms with E-state index in [1.807, 2.05) is 33.8 Å². The Bertz CT molecular complexity index is 3340. The Kier molecular flexibility index (Phi) is 29.1. The summed E-state index contributed by atoms with van der Waals surface area (Å²) in [5, 5.41) is 8.81. The number of ether oxygens (including phenoxy) is 1. The Morgan fingerprint density at radius 3 is 1.86 bits per heavy atom. The molecule has 2 saturated heterocycles. The lowest BCUT2D eigenvalue weighted by atomic mass is 9.58. The molecule has 0 radical (unpaired) electrons. The molecule has 0 aromatic heterocycles. The Balaban J connectivity index is 1.12. The van der Waals surface area contributed by atoms with E-state index in [2.05, 4.69) is 22.9 Å². The van der Waals surface area contributed by atoms with Crippen LogP contribution in [0, 0.1) is 40.9 Å². The number of hydrogen-bond acceptors (Lipinski definition) is 13. The molecule has 2 unspecified atom stereocenters. The van der Waals surface area contributed by atoms with E-state index in [1.165, 1.54) is 88.5 Å². The number of amides is 12. The molecular weight excluding hydrogens is 1430 g/mol. The molecule has 1 spiro atoms. The molecule has 25 nitrogen and oxygen atoms in total. The van der Waals surface area contributed by atoms with Gasteiger partial charge in [0.15, 0.2) is 0 Å². The summed E-state index contributed by atoms with van der Waals surface area (Å²) in [6, 6.07) is -10.9. The number of fused-ring (bicyclic) bond motifs is 3. The SMILES string of the molecule is CCC[C@H]1C(=O)N[C@@H]([C@@H](C)CC)C(=O)N(C2CC2)CC(=O)N(C)[C@H]2C/C=C\CCN(C2=O)[C@@H](CC2CCC(C)CC2)C(=O)N(C)CC(=O)N[C@@H](CCC2CC(F)C(C(F)(F)F)C(F)C2)C(=O)N2C[C@H](OC3CCC3)C[C@H]2C(=O)NC2(CC(C)(C)C2)C(=O)N(C)[C@@H](C2CCCC2)C(=O)N(C)[C@H](C(=O)N(C)C)CC(=O)N1C. The molecule has 3 N–H and O–H groups in total. The van der Waals surface area contributed by atoms with Crippen molar-refractivity contribution >= 4 is 70.9 Å². The van der Waals surface area contributed by atoms with E-state index >= 15 is 51.9 Å². The summed E-state index contributed by atoms with van der Waals surface area (Å²) in [7, 11) is 10.1. The van der Waals surface area contributed by atoms with Crippen molar-refractivity contribution in [2.75, 3.05) is 75.5 Å². The van der Waals surface area contributed by atoms with E-state index < -0.39 is 217 Å². The van der Waals surface area contributed by atoms with Gasteiger partial charge in [0.25, 0.3) is 0 Å². The summed E-state index contributed by atoms with van der Waals surface area (Å²) in [6.45, 7) is 10.1. The standard InChI is InChI=1S/C80H125F5N12O13/c1-14-22-58-69(101)87-67(48(4)15-2)75(107)96(52-33-34-52)44-65(100)92(11)59-27-17-16-20-36-95(74(59)106)62(39-49-30-28-47(3)29-31-49)73(105)90(9)43-63(98)86-57(35-32-50-37-55(81)66(56(82)38-50)80(83,84)85)71(103)97-42-54(110-53-25-21-26-53)40-60(97)70(102)88-79(45-78(5,6)46-79)77(109)94(13)68(51-23-18-19-24-51)76(108)93(12)61(72(104)89(7)8)41-64(99)91(58)10/h16-17,47-62,66-68H,14-15,18-46H2,1-13H3,(H,86,98)(H,87,101)(H,88,102)/b17-16-/t47?,48-,49?,50?,54+,55?,56?,57-,58-,59-,60-,61-,62-,66?,67-,68-/m0/s1. The molecule has 6 aliphatic carbocycles. The van der Waals surface area contributed by atoms with Crippen LogP contribution in [0.5, 0.6) is 0 Å². The van der Waals surface area contributed by atoms with Gasteiger partial charge in [-0.15, -0.1) is 0 Å². The third-order valence-electron chi connectivity index (χ3n) is 25.8. The minimum absolute atomic E-state index is 0.0297. The molecule has 3 heterocycles. The summed E-state index contributed by atoms with van der Waals surface area (Å²) >= 11 is 0. The highest BCUT2D eigenvalue weighted by atomic mass is 19.4. The number of carbonyl (C=O) groups is 12. The zero-order valence-corrected chi connectivity index (χ0v) is 67.3. The van der Waals surface area contributed by atoms with Gasteiger partial charge in [0, 0.05) is 74.9 Å². The number of halogens is 5. The van der Waals surface area contributed by atoms with E-state index in [1.54, 1.807) is 13.0 Å². The maximum Gasteiger partial charge on any atom is 0.397 e. The molecule has 12 atom stereocenters. The van der Waals surface area contributed by atoms with Crippen molar-refractivity contribution in [1.82, 2.24) is 60.0 Å². The molecule has 8 fully saturated rings. The van der Waals surface area contributed by atoms with Gasteiger partial charge < -0.3 is 64.8 Å². The summed E-state index contributed by atoms with van der Waals surface area (Å²) in [4.78, 5) is 196. The quantitative estimate of drug-likeness (QED) is 0.114. The summed E-state index contributed by atoms with van der Waals surface area (Å²) < 4.78 is 79.9. The van der Waals surface area contributed by atoms with Crippen LogP contribution in [0.2, 0.25) is 0 Å². The number of nitrogens with zero attached hydrogens (tertiary/aromatic N) is 9.